The van der Waals surface area contributed by atoms with Gasteiger partial charge in [0.25, 0.3) is 0 Å². The van der Waals surface area contributed by atoms with E-state index in [9.17, 15) is 12.8 Å². The van der Waals surface area contributed by atoms with Crippen molar-refractivity contribution in [2.24, 2.45) is 5.92 Å². The molecule has 1 fully saturated rings. The van der Waals surface area contributed by atoms with Gasteiger partial charge in [0.2, 0.25) is 10.0 Å². The molecule has 0 amide bonds. The number of alkyl halides is 1. The molecule has 0 aromatic carbocycles. The van der Waals surface area contributed by atoms with Gasteiger partial charge in [0.05, 0.1) is 12.4 Å². The first kappa shape index (κ1) is 12.9. The van der Waals surface area contributed by atoms with E-state index in [1.807, 2.05) is 6.92 Å². The molecule has 4 nitrogen and oxygen atoms in total. The van der Waals surface area contributed by atoms with Gasteiger partial charge in [0.1, 0.15) is 0 Å². The van der Waals surface area contributed by atoms with Crippen LogP contribution in [0.2, 0.25) is 0 Å². The summed E-state index contributed by atoms with van der Waals surface area (Å²) in [7, 11) is -3.31. The first-order valence-corrected chi connectivity index (χ1v) is 6.97. The van der Waals surface area contributed by atoms with Gasteiger partial charge in [0, 0.05) is 12.6 Å². The average Bonchev–Trinajstić information content (AvgIpc) is 2.18. The number of nitrogens with one attached hydrogen (secondary N) is 2. The molecule has 90 valence electrons. The first-order valence-electron chi connectivity index (χ1n) is 5.32. The fourth-order valence-corrected chi connectivity index (χ4v) is 3.07. The van der Waals surface area contributed by atoms with Crippen LogP contribution in [0.25, 0.3) is 0 Å². The van der Waals surface area contributed by atoms with Crippen molar-refractivity contribution in [3.63, 3.8) is 0 Å². The molecule has 1 aliphatic rings. The van der Waals surface area contributed by atoms with Crippen molar-refractivity contribution in [2.75, 3.05) is 25.5 Å². The van der Waals surface area contributed by atoms with E-state index in [2.05, 4.69) is 10.0 Å². The maximum atomic E-state index is 11.9. The fraction of sp³-hybridized carbons (Fsp3) is 1.00. The molecule has 0 spiro atoms. The summed E-state index contributed by atoms with van der Waals surface area (Å²) < 4.78 is 37.5. The van der Waals surface area contributed by atoms with E-state index in [1.54, 1.807) is 0 Å². The molecule has 1 saturated heterocycles. The maximum Gasteiger partial charge on any atom is 0.211 e. The molecular formula is C9H19FN2O2S. The molecule has 2 N–H and O–H groups in total. The van der Waals surface area contributed by atoms with Gasteiger partial charge in [-0.25, -0.2) is 13.1 Å². The minimum Gasteiger partial charge on any atom is -0.315 e. The Balaban J connectivity index is 2.44. The van der Waals surface area contributed by atoms with Crippen molar-refractivity contribution in [1.29, 1.82) is 0 Å². The second kappa shape index (κ2) is 5.77. The van der Waals surface area contributed by atoms with Crippen LogP contribution in [0.5, 0.6) is 0 Å². The van der Waals surface area contributed by atoms with E-state index >= 15 is 0 Å². The number of sulfonamides is 1. The Bertz CT molecular complexity index is 282. The predicted octanol–water partition coefficient (Wildman–Crippen LogP) is 0.263. The number of rotatable bonds is 5. The van der Waals surface area contributed by atoms with Crippen molar-refractivity contribution < 1.29 is 12.8 Å². The van der Waals surface area contributed by atoms with Crippen LogP contribution >= 0.6 is 0 Å². The molecular weight excluding hydrogens is 219 g/mol. The number of hydrogen-bond acceptors (Lipinski definition) is 3. The van der Waals surface area contributed by atoms with Crippen LogP contribution in [0.4, 0.5) is 4.39 Å². The summed E-state index contributed by atoms with van der Waals surface area (Å²) in [5, 5.41) is 3.14. The smallest absolute Gasteiger partial charge is 0.211 e. The predicted molar refractivity (Wildman–Crippen MR) is 58.0 cm³/mol. The van der Waals surface area contributed by atoms with Crippen LogP contribution < -0.4 is 10.0 Å². The van der Waals surface area contributed by atoms with Gasteiger partial charge in [-0.1, -0.05) is 6.92 Å². The number of piperidine rings is 1. The summed E-state index contributed by atoms with van der Waals surface area (Å²) in [5.41, 5.74) is 0. The van der Waals surface area contributed by atoms with Crippen LogP contribution in [0, 0.1) is 5.92 Å². The lowest BCUT2D eigenvalue weighted by molar-refractivity contribution is 0.327. The lowest BCUT2D eigenvalue weighted by Gasteiger charge is -2.29. The van der Waals surface area contributed by atoms with Gasteiger partial charge < -0.3 is 5.32 Å². The zero-order valence-electron chi connectivity index (χ0n) is 9.00. The Hall–Kier alpha value is -0.200. The molecule has 2 unspecified atom stereocenters. The molecule has 1 heterocycles. The standard InChI is InChI=1S/C9H19FN2O2S/c1-8-3-5-11-7-9(8)12-15(13,14)6-2-4-10/h8-9,11-12H,2-7H2,1H3. The largest absolute Gasteiger partial charge is 0.315 e. The summed E-state index contributed by atoms with van der Waals surface area (Å²) in [6.45, 7) is 3.04. The summed E-state index contributed by atoms with van der Waals surface area (Å²) in [4.78, 5) is 0. The zero-order chi connectivity index (χ0) is 11.3. The minimum absolute atomic E-state index is 0.0524. The van der Waals surface area contributed by atoms with Crippen molar-refractivity contribution in [3.8, 4) is 0 Å². The van der Waals surface area contributed by atoms with Crippen LogP contribution in [0.15, 0.2) is 0 Å². The fourth-order valence-electron chi connectivity index (χ4n) is 1.68. The second-order valence-electron chi connectivity index (χ2n) is 4.06. The van der Waals surface area contributed by atoms with Gasteiger partial charge in [-0.3, -0.25) is 4.39 Å². The molecule has 15 heavy (non-hydrogen) atoms. The minimum atomic E-state index is -3.31. The highest BCUT2D eigenvalue weighted by Gasteiger charge is 2.25. The third-order valence-corrected chi connectivity index (χ3v) is 4.19. The van der Waals surface area contributed by atoms with E-state index in [0.717, 1.165) is 13.0 Å². The van der Waals surface area contributed by atoms with Gasteiger partial charge in [0.15, 0.2) is 0 Å². The Labute approximate surface area is 90.7 Å². The van der Waals surface area contributed by atoms with Crippen LogP contribution in [-0.4, -0.2) is 40.0 Å². The van der Waals surface area contributed by atoms with Gasteiger partial charge >= 0.3 is 0 Å². The van der Waals surface area contributed by atoms with Crippen LogP contribution in [0.3, 0.4) is 0 Å². The third-order valence-electron chi connectivity index (χ3n) is 2.71. The van der Waals surface area contributed by atoms with E-state index in [1.165, 1.54) is 0 Å². The topological polar surface area (TPSA) is 58.2 Å². The lowest BCUT2D eigenvalue weighted by Crippen LogP contribution is -2.50. The molecule has 6 heteroatoms. The number of halogens is 1. The molecule has 0 radical (unpaired) electrons. The molecule has 2 atom stereocenters. The van der Waals surface area contributed by atoms with Gasteiger partial charge in [-0.05, 0) is 25.3 Å². The summed E-state index contributed by atoms with van der Waals surface area (Å²) in [5.74, 6) is 0.221. The zero-order valence-corrected chi connectivity index (χ0v) is 9.82. The van der Waals surface area contributed by atoms with Crippen LogP contribution in [-0.2, 0) is 10.0 Å². The van der Waals surface area contributed by atoms with Gasteiger partial charge in [-0.2, -0.15) is 0 Å². The lowest BCUT2D eigenvalue weighted by atomic mass is 9.96. The normalized spacial score (nSPS) is 27.9. The van der Waals surface area contributed by atoms with Crippen LogP contribution in [0.1, 0.15) is 19.8 Å². The van der Waals surface area contributed by atoms with E-state index < -0.39 is 16.7 Å². The highest BCUT2D eigenvalue weighted by Crippen LogP contribution is 2.12. The maximum absolute atomic E-state index is 11.9. The molecule has 1 rings (SSSR count). The summed E-state index contributed by atoms with van der Waals surface area (Å²) >= 11 is 0. The monoisotopic (exact) mass is 238 g/mol. The Morgan fingerprint density at radius 1 is 1.53 bits per heavy atom. The van der Waals surface area contributed by atoms with E-state index in [4.69, 9.17) is 0 Å². The second-order valence-corrected chi connectivity index (χ2v) is 5.93. The van der Waals surface area contributed by atoms with Crippen molar-refractivity contribution >= 4 is 10.0 Å². The SMILES string of the molecule is CC1CCNCC1NS(=O)(=O)CCCF. The first-order chi connectivity index (χ1) is 7.05. The number of hydrogen-bond donors (Lipinski definition) is 2. The molecule has 0 aromatic heterocycles. The van der Waals surface area contributed by atoms with Crippen molar-refractivity contribution in [2.45, 2.75) is 25.8 Å². The Morgan fingerprint density at radius 3 is 2.87 bits per heavy atom. The molecule has 0 aliphatic carbocycles. The van der Waals surface area contributed by atoms with Crippen molar-refractivity contribution in [3.05, 3.63) is 0 Å². The van der Waals surface area contributed by atoms with E-state index in [-0.39, 0.29) is 18.2 Å². The molecule has 0 bridgehead atoms. The summed E-state index contributed by atoms with van der Waals surface area (Å²) in [6, 6.07) is -0.0524. The quantitative estimate of drug-likeness (QED) is 0.722. The van der Waals surface area contributed by atoms with Crippen molar-refractivity contribution in [1.82, 2.24) is 10.0 Å². The molecule has 0 aromatic rings. The highest BCUT2D eigenvalue weighted by molar-refractivity contribution is 7.89. The Morgan fingerprint density at radius 2 is 2.27 bits per heavy atom. The highest BCUT2D eigenvalue weighted by atomic mass is 32.2. The molecule has 0 saturated carbocycles. The van der Waals surface area contributed by atoms with Gasteiger partial charge in [-0.15, -0.1) is 0 Å². The average molecular weight is 238 g/mol. The molecule has 1 aliphatic heterocycles. The Kier molecular flexibility index (Phi) is 4.95. The third kappa shape index (κ3) is 4.44. The van der Waals surface area contributed by atoms with E-state index in [0.29, 0.717) is 12.5 Å². The summed E-state index contributed by atoms with van der Waals surface area (Å²) in [6.07, 6.45) is 1.04.